The van der Waals surface area contributed by atoms with E-state index < -0.39 is 0 Å². The van der Waals surface area contributed by atoms with E-state index >= 15 is 0 Å². The van der Waals surface area contributed by atoms with Crippen LogP contribution in [0.5, 0.6) is 0 Å². The Balaban J connectivity index is 1.64. The molecule has 0 fully saturated rings. The van der Waals surface area contributed by atoms with Crippen LogP contribution >= 0.6 is 0 Å². The molecule has 2 nitrogen and oxygen atoms in total. The highest BCUT2D eigenvalue weighted by Crippen LogP contribution is 2.49. The highest BCUT2D eigenvalue weighted by Gasteiger charge is 2.46. The Labute approximate surface area is 160 Å². The van der Waals surface area contributed by atoms with Crippen LogP contribution in [0.2, 0.25) is 0 Å². The average molecular weight is 352 g/mol. The zero-order valence-corrected chi connectivity index (χ0v) is 15.7. The van der Waals surface area contributed by atoms with Gasteiger partial charge in [0.1, 0.15) is 0 Å². The van der Waals surface area contributed by atoms with Gasteiger partial charge in [-0.3, -0.25) is 0 Å². The van der Waals surface area contributed by atoms with Crippen molar-refractivity contribution in [2.24, 2.45) is 0 Å². The normalized spacial score (nSPS) is 22.9. The minimum atomic E-state index is 0.457. The van der Waals surface area contributed by atoms with Crippen molar-refractivity contribution in [2.45, 2.75) is 44.7 Å². The summed E-state index contributed by atoms with van der Waals surface area (Å²) in [5.41, 5.74) is 7.58. The third-order valence-electron chi connectivity index (χ3n) is 6.74. The molecular weight excluding hydrogens is 328 g/mol. The van der Waals surface area contributed by atoms with Crippen molar-refractivity contribution in [1.29, 1.82) is 0 Å². The zero-order chi connectivity index (χ0) is 18.0. The van der Waals surface area contributed by atoms with Gasteiger partial charge in [-0.2, -0.15) is 0 Å². The predicted octanol–water partition coefficient (Wildman–Crippen LogP) is 4.26. The molecule has 132 valence electrons. The van der Waals surface area contributed by atoms with E-state index in [0.717, 1.165) is 25.9 Å². The number of hydrogen-bond donors (Lipinski definition) is 0. The molecule has 2 aliphatic heterocycles. The SMILES string of the molecule is Cc1cc[n+]2c(c1)C1C(=CC=C3CC[n+]4ccc5ccccc5c4C31)CC2. The van der Waals surface area contributed by atoms with Crippen LogP contribution in [0.4, 0.5) is 0 Å². The van der Waals surface area contributed by atoms with Crippen LogP contribution < -0.4 is 9.13 Å². The van der Waals surface area contributed by atoms with Crippen molar-refractivity contribution >= 4 is 10.8 Å². The Morgan fingerprint density at radius 1 is 0.815 bits per heavy atom. The molecule has 3 aromatic rings. The highest BCUT2D eigenvalue weighted by atomic mass is 15.0. The number of allylic oxidation sites excluding steroid dienone is 4. The molecule has 0 bridgehead atoms. The molecule has 4 heterocycles. The van der Waals surface area contributed by atoms with Gasteiger partial charge < -0.3 is 0 Å². The van der Waals surface area contributed by atoms with Crippen molar-refractivity contribution < 1.29 is 9.13 Å². The van der Waals surface area contributed by atoms with Crippen molar-refractivity contribution in [3.05, 3.63) is 95.1 Å². The Bertz CT molecular complexity index is 1150. The molecule has 3 aliphatic rings. The van der Waals surface area contributed by atoms with Gasteiger partial charge in [0.05, 0.1) is 11.8 Å². The van der Waals surface area contributed by atoms with Gasteiger partial charge in [-0.1, -0.05) is 30.4 Å². The molecule has 0 saturated carbocycles. The minimum Gasteiger partial charge on any atom is -0.202 e. The molecule has 0 saturated heterocycles. The molecule has 0 radical (unpaired) electrons. The number of rotatable bonds is 0. The third-order valence-corrected chi connectivity index (χ3v) is 6.74. The van der Waals surface area contributed by atoms with E-state index in [0.29, 0.717) is 11.8 Å². The molecule has 2 aromatic heterocycles. The first-order valence-electron chi connectivity index (χ1n) is 10.1. The lowest BCUT2D eigenvalue weighted by Gasteiger charge is -2.35. The standard InChI is InChI=1S/C25H24N2/c1-17-8-12-26-13-10-19-6-7-20-11-15-27-14-9-18-4-2-3-5-21(18)25(27)24(20)23(19)22(26)16-17/h2-9,12,14,16,23-24H,10-11,13,15H2,1H3/q+2. The Morgan fingerprint density at radius 2 is 1.56 bits per heavy atom. The van der Waals surface area contributed by atoms with Gasteiger partial charge in [-0.15, -0.1) is 0 Å². The monoisotopic (exact) mass is 352 g/mol. The largest absolute Gasteiger partial charge is 0.202 e. The topological polar surface area (TPSA) is 7.76 Å². The Kier molecular flexibility index (Phi) is 3.19. The number of aromatic nitrogens is 2. The summed E-state index contributed by atoms with van der Waals surface area (Å²) in [7, 11) is 0. The van der Waals surface area contributed by atoms with Gasteiger partial charge in [0.25, 0.3) is 0 Å². The Morgan fingerprint density at radius 3 is 2.44 bits per heavy atom. The van der Waals surface area contributed by atoms with Gasteiger partial charge >= 0.3 is 0 Å². The van der Waals surface area contributed by atoms with Crippen LogP contribution in [0.25, 0.3) is 10.8 Å². The second-order valence-electron chi connectivity index (χ2n) is 8.24. The summed E-state index contributed by atoms with van der Waals surface area (Å²) in [5.74, 6) is 0.925. The van der Waals surface area contributed by atoms with Gasteiger partial charge in [-0.25, -0.2) is 9.13 Å². The van der Waals surface area contributed by atoms with Crippen LogP contribution in [0.15, 0.2) is 78.2 Å². The first kappa shape index (κ1) is 15.3. The number of fused-ring (bicyclic) bond motifs is 9. The Hall–Kier alpha value is -2.74. The summed E-state index contributed by atoms with van der Waals surface area (Å²) >= 11 is 0. The number of hydrogen-bond acceptors (Lipinski definition) is 0. The number of benzene rings is 1. The maximum Gasteiger partial charge on any atom is 0.197 e. The predicted molar refractivity (Wildman–Crippen MR) is 106 cm³/mol. The first-order valence-corrected chi connectivity index (χ1v) is 10.1. The molecule has 1 aliphatic carbocycles. The molecule has 0 N–H and O–H groups in total. The second-order valence-corrected chi connectivity index (χ2v) is 8.24. The van der Waals surface area contributed by atoms with Gasteiger partial charge in [0.2, 0.25) is 0 Å². The molecule has 6 rings (SSSR count). The smallest absolute Gasteiger partial charge is 0.197 e. The van der Waals surface area contributed by atoms with Gasteiger partial charge in [-0.05, 0) is 35.1 Å². The van der Waals surface area contributed by atoms with E-state index in [4.69, 9.17) is 0 Å². The zero-order valence-electron chi connectivity index (χ0n) is 15.7. The molecular formula is C25H24N2+2. The second kappa shape index (κ2) is 5.63. The molecule has 0 spiro atoms. The quantitative estimate of drug-likeness (QED) is 0.534. The molecule has 0 amide bonds. The van der Waals surface area contributed by atoms with Crippen LogP contribution in [-0.2, 0) is 13.1 Å². The number of pyridine rings is 2. The number of nitrogens with zero attached hydrogens (tertiary/aromatic N) is 2. The lowest BCUT2D eigenvalue weighted by molar-refractivity contribution is -0.714. The van der Waals surface area contributed by atoms with Crippen molar-refractivity contribution in [3.63, 3.8) is 0 Å². The lowest BCUT2D eigenvalue weighted by atomic mass is 9.68. The summed E-state index contributed by atoms with van der Waals surface area (Å²) in [6.45, 7) is 4.41. The van der Waals surface area contributed by atoms with Crippen LogP contribution in [0.3, 0.4) is 0 Å². The van der Waals surface area contributed by atoms with E-state index in [2.05, 4.69) is 83.1 Å². The van der Waals surface area contributed by atoms with Crippen LogP contribution in [0.1, 0.15) is 41.6 Å². The van der Waals surface area contributed by atoms with Crippen molar-refractivity contribution in [2.75, 3.05) is 0 Å². The summed E-state index contributed by atoms with van der Waals surface area (Å²) < 4.78 is 5.00. The maximum atomic E-state index is 2.52. The summed E-state index contributed by atoms with van der Waals surface area (Å²) in [6, 6.07) is 15.9. The molecule has 2 heteroatoms. The van der Waals surface area contributed by atoms with E-state index in [1.807, 2.05) is 0 Å². The summed E-state index contributed by atoms with van der Waals surface area (Å²) in [6.07, 6.45) is 11.8. The molecule has 2 unspecified atom stereocenters. The third kappa shape index (κ3) is 2.19. The molecule has 1 aromatic carbocycles. The van der Waals surface area contributed by atoms with Crippen LogP contribution in [-0.4, -0.2) is 0 Å². The highest BCUT2D eigenvalue weighted by molar-refractivity contribution is 5.84. The minimum absolute atomic E-state index is 0.457. The fourth-order valence-corrected chi connectivity index (χ4v) is 5.47. The number of aryl methyl sites for hydroxylation is 3. The summed E-state index contributed by atoms with van der Waals surface area (Å²) in [5, 5.41) is 2.77. The first-order chi connectivity index (χ1) is 13.3. The van der Waals surface area contributed by atoms with E-state index in [1.54, 1.807) is 11.1 Å². The van der Waals surface area contributed by atoms with E-state index in [1.165, 1.54) is 27.7 Å². The lowest BCUT2D eigenvalue weighted by Crippen LogP contribution is -2.50. The van der Waals surface area contributed by atoms with Gasteiger partial charge in [0, 0.05) is 36.4 Å². The molecule has 2 atom stereocenters. The van der Waals surface area contributed by atoms with E-state index in [-0.39, 0.29) is 0 Å². The average Bonchev–Trinajstić information content (AvgIpc) is 2.72. The van der Waals surface area contributed by atoms with Gasteiger partial charge in [0.15, 0.2) is 36.9 Å². The molecule has 27 heavy (non-hydrogen) atoms. The van der Waals surface area contributed by atoms with Crippen molar-refractivity contribution in [3.8, 4) is 0 Å². The van der Waals surface area contributed by atoms with E-state index in [9.17, 15) is 0 Å². The fraction of sp³-hybridized carbons (Fsp3) is 0.280. The summed E-state index contributed by atoms with van der Waals surface area (Å²) in [4.78, 5) is 0. The van der Waals surface area contributed by atoms with Crippen molar-refractivity contribution in [1.82, 2.24) is 0 Å². The fourth-order valence-electron chi connectivity index (χ4n) is 5.47. The van der Waals surface area contributed by atoms with Crippen LogP contribution in [0, 0.1) is 6.92 Å². The maximum absolute atomic E-state index is 2.52.